The number of aromatic nitrogens is 1. The molecule has 3 aromatic rings. The number of anilines is 3. The summed E-state index contributed by atoms with van der Waals surface area (Å²) >= 11 is 0. The number of esters is 1. The standard InChI is InChI=1S/C23H23N3O3/c1-4-29-23(28)18-7-5-6-8-20(18)26-22(27)17-10-12-21(24-14-17)25-19-11-9-15(2)13-16(19)3/h5-14H,4H2,1-3H3,(H,24,25)(H,26,27). The summed E-state index contributed by atoms with van der Waals surface area (Å²) in [4.78, 5) is 29.0. The Labute approximate surface area is 169 Å². The number of ether oxygens (including phenoxy) is 1. The van der Waals surface area contributed by atoms with Crippen molar-refractivity contribution < 1.29 is 14.3 Å². The van der Waals surface area contributed by atoms with E-state index < -0.39 is 5.97 Å². The van der Waals surface area contributed by atoms with Crippen molar-refractivity contribution >= 4 is 29.1 Å². The number of para-hydroxylation sites is 1. The first-order valence-electron chi connectivity index (χ1n) is 9.35. The summed E-state index contributed by atoms with van der Waals surface area (Å²) in [6.07, 6.45) is 1.49. The number of nitrogens with one attached hydrogen (secondary N) is 2. The van der Waals surface area contributed by atoms with Gasteiger partial charge in [0, 0.05) is 11.9 Å². The van der Waals surface area contributed by atoms with Crippen LogP contribution in [0.15, 0.2) is 60.8 Å². The average molecular weight is 389 g/mol. The number of nitrogens with zero attached hydrogens (tertiary/aromatic N) is 1. The van der Waals surface area contributed by atoms with Crippen LogP contribution in [-0.4, -0.2) is 23.5 Å². The largest absolute Gasteiger partial charge is 0.462 e. The number of hydrogen-bond acceptors (Lipinski definition) is 5. The SMILES string of the molecule is CCOC(=O)c1ccccc1NC(=O)c1ccc(Nc2ccc(C)cc2C)nc1. The first kappa shape index (κ1) is 20.1. The molecule has 2 N–H and O–H groups in total. The van der Waals surface area contributed by atoms with E-state index in [0.29, 0.717) is 22.6 Å². The number of benzene rings is 2. The molecule has 0 radical (unpaired) electrons. The van der Waals surface area contributed by atoms with Crippen LogP contribution in [0, 0.1) is 13.8 Å². The zero-order valence-corrected chi connectivity index (χ0v) is 16.7. The molecule has 3 rings (SSSR count). The van der Waals surface area contributed by atoms with Crippen LogP contribution in [-0.2, 0) is 4.74 Å². The minimum atomic E-state index is -0.477. The van der Waals surface area contributed by atoms with Crippen LogP contribution in [0.25, 0.3) is 0 Å². The van der Waals surface area contributed by atoms with Crippen LogP contribution in [0.4, 0.5) is 17.2 Å². The third-order valence-electron chi connectivity index (χ3n) is 4.34. The van der Waals surface area contributed by atoms with Gasteiger partial charge in [0.2, 0.25) is 0 Å². The summed E-state index contributed by atoms with van der Waals surface area (Å²) in [5.41, 5.74) is 4.36. The van der Waals surface area contributed by atoms with E-state index in [-0.39, 0.29) is 12.5 Å². The maximum Gasteiger partial charge on any atom is 0.340 e. The first-order chi connectivity index (χ1) is 14.0. The van der Waals surface area contributed by atoms with Gasteiger partial charge < -0.3 is 15.4 Å². The Morgan fingerprint density at radius 1 is 1.00 bits per heavy atom. The Kier molecular flexibility index (Phi) is 6.24. The highest BCUT2D eigenvalue weighted by Crippen LogP contribution is 2.21. The van der Waals surface area contributed by atoms with Crippen molar-refractivity contribution in [1.29, 1.82) is 0 Å². The van der Waals surface area contributed by atoms with Gasteiger partial charge in [-0.3, -0.25) is 4.79 Å². The zero-order valence-electron chi connectivity index (χ0n) is 16.7. The number of hydrogen-bond donors (Lipinski definition) is 2. The lowest BCUT2D eigenvalue weighted by Gasteiger charge is -2.11. The van der Waals surface area contributed by atoms with Crippen molar-refractivity contribution in [2.75, 3.05) is 17.2 Å². The summed E-state index contributed by atoms with van der Waals surface area (Å²) in [6.45, 7) is 6.07. The summed E-state index contributed by atoms with van der Waals surface area (Å²) in [7, 11) is 0. The van der Waals surface area contributed by atoms with Crippen LogP contribution in [0.2, 0.25) is 0 Å². The van der Waals surface area contributed by atoms with Crippen LogP contribution in [0.3, 0.4) is 0 Å². The molecule has 0 fully saturated rings. The minimum absolute atomic E-state index is 0.264. The number of carbonyl (C=O) groups excluding carboxylic acids is 2. The van der Waals surface area contributed by atoms with E-state index in [9.17, 15) is 9.59 Å². The van der Waals surface area contributed by atoms with E-state index in [4.69, 9.17) is 4.74 Å². The minimum Gasteiger partial charge on any atom is -0.462 e. The molecule has 148 valence electrons. The Hall–Kier alpha value is -3.67. The fraction of sp³-hybridized carbons (Fsp3) is 0.174. The van der Waals surface area contributed by atoms with Gasteiger partial charge in [-0.2, -0.15) is 0 Å². The van der Waals surface area contributed by atoms with Gasteiger partial charge in [0.05, 0.1) is 23.4 Å². The van der Waals surface area contributed by atoms with E-state index in [1.54, 1.807) is 43.3 Å². The molecule has 0 aliphatic heterocycles. The third-order valence-corrected chi connectivity index (χ3v) is 4.34. The van der Waals surface area contributed by atoms with Crippen LogP contribution >= 0.6 is 0 Å². The maximum absolute atomic E-state index is 12.6. The van der Waals surface area contributed by atoms with Gasteiger partial charge in [-0.15, -0.1) is 0 Å². The molecule has 0 saturated heterocycles. The number of pyridine rings is 1. The molecule has 0 unspecified atom stereocenters. The summed E-state index contributed by atoms with van der Waals surface area (Å²) in [5, 5.41) is 6.00. The molecular formula is C23H23N3O3. The van der Waals surface area contributed by atoms with E-state index in [1.807, 2.05) is 26.0 Å². The Balaban J connectivity index is 1.72. The second-order valence-corrected chi connectivity index (χ2v) is 6.60. The third kappa shape index (κ3) is 4.99. The maximum atomic E-state index is 12.6. The second kappa shape index (κ2) is 9.01. The fourth-order valence-corrected chi connectivity index (χ4v) is 2.87. The predicted molar refractivity (Wildman–Crippen MR) is 114 cm³/mol. The lowest BCUT2D eigenvalue weighted by atomic mass is 10.1. The molecule has 1 aromatic heterocycles. The van der Waals surface area contributed by atoms with Gasteiger partial charge in [0.15, 0.2) is 0 Å². The van der Waals surface area contributed by atoms with Gasteiger partial charge in [0.25, 0.3) is 5.91 Å². The normalized spacial score (nSPS) is 10.3. The molecule has 0 aliphatic rings. The lowest BCUT2D eigenvalue weighted by Crippen LogP contribution is -2.16. The summed E-state index contributed by atoms with van der Waals surface area (Å²) in [6, 6.07) is 16.3. The molecule has 1 amide bonds. The zero-order chi connectivity index (χ0) is 20.8. The van der Waals surface area contributed by atoms with Crippen molar-refractivity contribution in [2.45, 2.75) is 20.8 Å². The molecule has 0 atom stereocenters. The molecule has 6 heteroatoms. The highest BCUT2D eigenvalue weighted by molar-refractivity contribution is 6.07. The summed E-state index contributed by atoms with van der Waals surface area (Å²) < 4.78 is 5.03. The number of rotatable bonds is 6. The lowest BCUT2D eigenvalue weighted by molar-refractivity contribution is 0.0527. The Morgan fingerprint density at radius 2 is 1.79 bits per heavy atom. The van der Waals surface area contributed by atoms with Crippen molar-refractivity contribution in [3.05, 3.63) is 83.0 Å². The van der Waals surface area contributed by atoms with Crippen molar-refractivity contribution in [1.82, 2.24) is 4.98 Å². The quantitative estimate of drug-likeness (QED) is 0.588. The Bertz CT molecular complexity index is 1030. The Morgan fingerprint density at radius 3 is 2.48 bits per heavy atom. The number of aryl methyl sites for hydroxylation is 2. The number of carbonyl (C=O) groups is 2. The van der Waals surface area contributed by atoms with E-state index in [0.717, 1.165) is 11.3 Å². The van der Waals surface area contributed by atoms with E-state index in [2.05, 4.69) is 21.7 Å². The molecule has 0 spiro atoms. The van der Waals surface area contributed by atoms with Crippen LogP contribution < -0.4 is 10.6 Å². The molecule has 29 heavy (non-hydrogen) atoms. The van der Waals surface area contributed by atoms with Gasteiger partial charge in [-0.05, 0) is 56.7 Å². The molecule has 1 heterocycles. The fourth-order valence-electron chi connectivity index (χ4n) is 2.87. The summed E-state index contributed by atoms with van der Waals surface area (Å²) in [5.74, 6) is -0.192. The predicted octanol–water partition coefficient (Wildman–Crippen LogP) is 4.87. The number of amides is 1. The first-order valence-corrected chi connectivity index (χ1v) is 9.35. The van der Waals surface area contributed by atoms with E-state index in [1.165, 1.54) is 11.8 Å². The van der Waals surface area contributed by atoms with Crippen molar-refractivity contribution in [3.63, 3.8) is 0 Å². The van der Waals surface area contributed by atoms with Gasteiger partial charge in [-0.25, -0.2) is 9.78 Å². The topological polar surface area (TPSA) is 80.3 Å². The van der Waals surface area contributed by atoms with Gasteiger partial charge >= 0.3 is 5.97 Å². The van der Waals surface area contributed by atoms with Crippen molar-refractivity contribution in [3.8, 4) is 0 Å². The average Bonchev–Trinajstić information content (AvgIpc) is 2.71. The molecule has 6 nitrogen and oxygen atoms in total. The molecular weight excluding hydrogens is 366 g/mol. The monoisotopic (exact) mass is 389 g/mol. The van der Waals surface area contributed by atoms with E-state index >= 15 is 0 Å². The van der Waals surface area contributed by atoms with Gasteiger partial charge in [0.1, 0.15) is 5.82 Å². The smallest absolute Gasteiger partial charge is 0.340 e. The van der Waals surface area contributed by atoms with Crippen LogP contribution in [0.5, 0.6) is 0 Å². The molecule has 0 bridgehead atoms. The van der Waals surface area contributed by atoms with Crippen LogP contribution in [0.1, 0.15) is 38.8 Å². The van der Waals surface area contributed by atoms with Crippen molar-refractivity contribution in [2.24, 2.45) is 0 Å². The molecule has 0 saturated carbocycles. The molecule has 2 aromatic carbocycles. The molecule has 0 aliphatic carbocycles. The highest BCUT2D eigenvalue weighted by atomic mass is 16.5. The van der Waals surface area contributed by atoms with Gasteiger partial charge in [-0.1, -0.05) is 29.8 Å². The highest BCUT2D eigenvalue weighted by Gasteiger charge is 2.15. The second-order valence-electron chi connectivity index (χ2n) is 6.60.